The third-order valence-corrected chi connectivity index (χ3v) is 8.39. The van der Waals surface area contributed by atoms with Crippen molar-refractivity contribution in [2.45, 2.75) is 6.92 Å². The van der Waals surface area contributed by atoms with Crippen LogP contribution in [0.15, 0.2) is 8.30 Å². The van der Waals surface area contributed by atoms with E-state index in [1.807, 2.05) is 6.92 Å². The van der Waals surface area contributed by atoms with Crippen LogP contribution in [0.2, 0.25) is 0 Å². The topological polar surface area (TPSA) is 9.23 Å². The standard InChI is InChI=1S/C4H6ClO.ClH.Hg/c1-3-4(5)6-2;;/h1-2H3;1H;/q;;+1/p-1. The second kappa shape index (κ2) is 4.89. The molecule has 0 spiro atoms. The number of halogens is 2. The van der Waals surface area contributed by atoms with Crippen molar-refractivity contribution in [3.05, 3.63) is 8.30 Å². The molecule has 0 atom stereocenters. The molecule has 0 aromatic rings. The van der Waals surface area contributed by atoms with E-state index in [2.05, 4.69) is 0 Å². The summed E-state index contributed by atoms with van der Waals surface area (Å²) in [6.07, 6.45) is 0. The summed E-state index contributed by atoms with van der Waals surface area (Å²) in [5.74, 6) is 0. The van der Waals surface area contributed by atoms with E-state index in [0.717, 1.165) is 3.08 Å². The fourth-order valence-corrected chi connectivity index (χ4v) is 3.45. The van der Waals surface area contributed by atoms with Crippen LogP contribution in [0.5, 0.6) is 0 Å². The van der Waals surface area contributed by atoms with Crippen LogP contribution in [0.1, 0.15) is 6.92 Å². The molecule has 0 saturated carbocycles. The summed E-state index contributed by atoms with van der Waals surface area (Å²) in [4.78, 5) is 0. The first kappa shape index (κ1) is 9.06. The number of ether oxygens (including phenoxy) is 1. The van der Waals surface area contributed by atoms with Crippen LogP contribution < -0.4 is 0 Å². The molecule has 0 aliphatic rings. The van der Waals surface area contributed by atoms with Gasteiger partial charge in [0.25, 0.3) is 0 Å². The van der Waals surface area contributed by atoms with Crippen LogP contribution in [-0.4, -0.2) is 7.11 Å². The Morgan fingerprint density at radius 2 is 2.12 bits per heavy atom. The van der Waals surface area contributed by atoms with E-state index in [0.29, 0.717) is 5.22 Å². The molecule has 0 N–H and O–H groups in total. The number of allylic oxidation sites excluding steroid dienone is 1. The molecule has 0 rings (SSSR count). The molecule has 44 valence electrons. The van der Waals surface area contributed by atoms with Crippen LogP contribution in [0.4, 0.5) is 0 Å². The molecule has 0 radical (unpaired) electrons. The monoisotopic (exact) mass is 342 g/mol. The Balaban J connectivity index is 3.83. The summed E-state index contributed by atoms with van der Waals surface area (Å²) in [7, 11) is 7.17. The van der Waals surface area contributed by atoms with Crippen molar-refractivity contribution < 1.29 is 28.1 Å². The Bertz CT molecular complexity index is 90.2. The molecule has 0 heterocycles. The van der Waals surface area contributed by atoms with Gasteiger partial charge in [0.1, 0.15) is 0 Å². The molecular weight excluding hydrogens is 336 g/mol. The molecule has 0 aromatic carbocycles. The van der Waals surface area contributed by atoms with E-state index < -0.39 is 23.3 Å². The van der Waals surface area contributed by atoms with Gasteiger partial charge in [-0.2, -0.15) is 0 Å². The molecular formula is C4H6Cl2HgO. The summed E-state index contributed by atoms with van der Waals surface area (Å²) >= 11 is 4.29. The minimum absolute atomic E-state index is 0.488. The van der Waals surface area contributed by atoms with Crippen molar-refractivity contribution in [3.63, 3.8) is 0 Å². The summed E-state index contributed by atoms with van der Waals surface area (Å²) in [6.45, 7) is 1.92. The molecule has 0 aromatic heterocycles. The average Bonchev–Trinajstić information content (AvgIpc) is 1.84. The molecule has 0 fully saturated rings. The molecule has 1 nitrogen and oxygen atoms in total. The van der Waals surface area contributed by atoms with E-state index in [-0.39, 0.29) is 0 Å². The van der Waals surface area contributed by atoms with Crippen molar-refractivity contribution in [1.29, 1.82) is 0 Å². The SMILES string of the molecule is CO/C(Cl)=[C](/C)[Hg][Cl]. The number of rotatable bonds is 2. The van der Waals surface area contributed by atoms with Crippen LogP contribution in [0, 0.1) is 0 Å². The van der Waals surface area contributed by atoms with Gasteiger partial charge < -0.3 is 0 Å². The van der Waals surface area contributed by atoms with Crippen LogP contribution in [-0.2, 0) is 28.1 Å². The van der Waals surface area contributed by atoms with Gasteiger partial charge in [0, 0.05) is 0 Å². The summed E-state index contributed by atoms with van der Waals surface area (Å²) in [6, 6.07) is 0. The number of methoxy groups -OCH3 is 1. The third-order valence-electron chi connectivity index (χ3n) is 0.715. The molecule has 0 aliphatic carbocycles. The zero-order valence-electron chi connectivity index (χ0n) is 4.87. The van der Waals surface area contributed by atoms with Crippen LogP contribution in [0.3, 0.4) is 0 Å². The van der Waals surface area contributed by atoms with E-state index in [4.69, 9.17) is 24.6 Å². The summed E-state index contributed by atoms with van der Waals surface area (Å²) in [5, 5.41) is 0.488. The fraction of sp³-hybridized carbons (Fsp3) is 0.500. The van der Waals surface area contributed by atoms with Crippen LogP contribution >= 0.6 is 19.9 Å². The molecule has 0 amide bonds. The Hall–Kier alpha value is 1.06. The Kier molecular flexibility index (Phi) is 5.53. The van der Waals surface area contributed by atoms with Gasteiger partial charge in [0.2, 0.25) is 0 Å². The maximum absolute atomic E-state index is 5.63. The zero-order valence-corrected chi connectivity index (χ0v) is 11.9. The third kappa shape index (κ3) is 3.15. The first-order chi connectivity index (χ1) is 3.72. The van der Waals surface area contributed by atoms with E-state index in [9.17, 15) is 0 Å². The molecule has 0 bridgehead atoms. The maximum atomic E-state index is 5.63. The van der Waals surface area contributed by atoms with E-state index in [1.165, 1.54) is 0 Å². The predicted octanol–water partition coefficient (Wildman–Crippen LogP) is 2.30. The van der Waals surface area contributed by atoms with Gasteiger partial charge in [-0.05, 0) is 0 Å². The van der Waals surface area contributed by atoms with Gasteiger partial charge in [-0.25, -0.2) is 0 Å². The quantitative estimate of drug-likeness (QED) is 0.553. The predicted molar refractivity (Wildman–Crippen MR) is 31.4 cm³/mol. The average molecular weight is 342 g/mol. The molecule has 8 heavy (non-hydrogen) atoms. The Morgan fingerprint density at radius 3 is 2.25 bits per heavy atom. The van der Waals surface area contributed by atoms with Gasteiger partial charge in [0.15, 0.2) is 0 Å². The number of hydrogen-bond donors (Lipinski definition) is 0. The number of hydrogen-bond acceptors (Lipinski definition) is 1. The second-order valence-electron chi connectivity index (χ2n) is 1.39. The molecule has 0 saturated heterocycles. The molecule has 0 unspecified atom stereocenters. The van der Waals surface area contributed by atoms with Crippen LogP contribution in [0.25, 0.3) is 0 Å². The first-order valence-electron chi connectivity index (χ1n) is 2.17. The minimum atomic E-state index is -1.25. The zero-order chi connectivity index (χ0) is 6.57. The van der Waals surface area contributed by atoms with Gasteiger partial charge in [-0.1, -0.05) is 0 Å². The second-order valence-corrected chi connectivity index (χ2v) is 9.24. The van der Waals surface area contributed by atoms with Crippen molar-refractivity contribution >= 4 is 19.9 Å². The Morgan fingerprint density at radius 1 is 1.62 bits per heavy atom. The van der Waals surface area contributed by atoms with E-state index >= 15 is 0 Å². The normalized spacial score (nSPS) is 12.0. The van der Waals surface area contributed by atoms with Crippen molar-refractivity contribution in [1.82, 2.24) is 0 Å². The fourth-order valence-electron chi connectivity index (χ4n) is 0.227. The molecule has 4 heteroatoms. The summed E-state index contributed by atoms with van der Waals surface area (Å²) in [5.41, 5.74) is 0. The van der Waals surface area contributed by atoms with E-state index in [1.54, 1.807) is 7.11 Å². The van der Waals surface area contributed by atoms with Gasteiger partial charge in [0.05, 0.1) is 0 Å². The Labute approximate surface area is 69.9 Å². The van der Waals surface area contributed by atoms with Crippen molar-refractivity contribution in [3.8, 4) is 0 Å². The van der Waals surface area contributed by atoms with Crippen molar-refractivity contribution in [2.75, 3.05) is 7.11 Å². The van der Waals surface area contributed by atoms with Gasteiger partial charge in [-0.15, -0.1) is 0 Å². The van der Waals surface area contributed by atoms with Gasteiger partial charge in [-0.3, -0.25) is 0 Å². The first-order valence-corrected chi connectivity index (χ1v) is 12.1. The molecule has 0 aliphatic heterocycles. The van der Waals surface area contributed by atoms with Crippen molar-refractivity contribution in [2.24, 2.45) is 0 Å². The van der Waals surface area contributed by atoms with Gasteiger partial charge >= 0.3 is 70.3 Å². The summed E-state index contributed by atoms with van der Waals surface area (Å²) < 4.78 is 5.80.